The molecule has 1 N–H and O–H groups in total. The molecule has 80 valence electrons. The molecule has 0 saturated heterocycles. The third-order valence-corrected chi connectivity index (χ3v) is 1.50. The van der Waals surface area contributed by atoms with E-state index in [2.05, 4.69) is 16.8 Å². The van der Waals surface area contributed by atoms with E-state index in [-0.39, 0.29) is 5.69 Å². The Kier molecular flexibility index (Phi) is 3.32. The van der Waals surface area contributed by atoms with E-state index in [1.165, 1.54) is 6.92 Å². The van der Waals surface area contributed by atoms with Gasteiger partial charge in [-0.3, -0.25) is 0 Å². The van der Waals surface area contributed by atoms with Crippen LogP contribution in [0.15, 0.2) is 18.3 Å². The summed E-state index contributed by atoms with van der Waals surface area (Å²) in [6, 6.07) is 2.07. The average Bonchev–Trinajstić information content (AvgIpc) is 2.14. The van der Waals surface area contributed by atoms with Crippen LogP contribution in [-0.4, -0.2) is 16.2 Å². The number of rotatable bonds is 0. The highest BCUT2D eigenvalue weighted by Crippen LogP contribution is 2.28. The number of halogens is 3. The normalized spacial score (nSPS) is 12.9. The van der Waals surface area contributed by atoms with Crippen molar-refractivity contribution in [3.05, 3.63) is 29.6 Å². The maximum atomic E-state index is 12.1. The number of aliphatic hydroxyl groups excluding tert-OH is 1. The quantitative estimate of drug-likeness (QED) is 0.670. The fourth-order valence-corrected chi connectivity index (χ4v) is 0.814. The molecule has 1 heterocycles. The lowest BCUT2D eigenvalue weighted by molar-refractivity contribution is -0.137. The highest BCUT2D eigenvalue weighted by atomic mass is 19.4. The van der Waals surface area contributed by atoms with Crippen molar-refractivity contribution < 1.29 is 18.3 Å². The van der Waals surface area contributed by atoms with Gasteiger partial charge in [0.25, 0.3) is 0 Å². The van der Waals surface area contributed by atoms with Crippen molar-refractivity contribution in [1.29, 1.82) is 0 Å². The molecule has 1 aromatic rings. The molecule has 0 saturated carbocycles. The van der Waals surface area contributed by atoms with Crippen LogP contribution < -0.4 is 0 Å². The van der Waals surface area contributed by atoms with Gasteiger partial charge in [0.05, 0.1) is 5.56 Å². The van der Waals surface area contributed by atoms with Gasteiger partial charge >= 0.3 is 6.18 Å². The molecule has 1 rings (SSSR count). The molecule has 0 bridgehead atoms. The van der Waals surface area contributed by atoms with E-state index in [0.717, 1.165) is 12.1 Å². The molecule has 1 aromatic heterocycles. The van der Waals surface area contributed by atoms with Gasteiger partial charge in [-0.1, -0.05) is 5.92 Å². The van der Waals surface area contributed by atoms with Crippen LogP contribution in [0.4, 0.5) is 13.2 Å². The Morgan fingerprint density at radius 2 is 2.07 bits per heavy atom. The van der Waals surface area contributed by atoms with E-state index < -0.39 is 17.8 Å². The Bertz CT molecular complexity index is 384. The van der Waals surface area contributed by atoms with E-state index in [1.54, 1.807) is 0 Å². The van der Waals surface area contributed by atoms with E-state index in [4.69, 9.17) is 5.11 Å². The molecule has 0 aliphatic carbocycles. The number of nitrogens with zero attached hydrogens (tertiary/aromatic N) is 1. The minimum atomic E-state index is -4.39. The van der Waals surface area contributed by atoms with Gasteiger partial charge in [0.2, 0.25) is 0 Å². The summed E-state index contributed by atoms with van der Waals surface area (Å²) >= 11 is 0. The maximum Gasteiger partial charge on any atom is 0.417 e. The maximum absolute atomic E-state index is 12.1. The first-order valence-corrected chi connectivity index (χ1v) is 4.12. The molecule has 0 spiro atoms. The molecular formula is C10H8F3NO. The van der Waals surface area contributed by atoms with Crippen LogP contribution in [0.1, 0.15) is 18.2 Å². The molecule has 0 aliphatic rings. The largest absolute Gasteiger partial charge is 0.417 e. The molecule has 1 atom stereocenters. The fraction of sp³-hybridized carbons (Fsp3) is 0.300. The zero-order chi connectivity index (χ0) is 11.5. The Hall–Kier alpha value is -1.54. The smallest absolute Gasteiger partial charge is 0.381 e. The molecule has 0 fully saturated rings. The lowest BCUT2D eigenvalue weighted by atomic mass is 10.2. The molecule has 0 aliphatic heterocycles. The van der Waals surface area contributed by atoms with E-state index in [9.17, 15) is 13.2 Å². The Morgan fingerprint density at radius 1 is 1.40 bits per heavy atom. The predicted octanol–water partition coefficient (Wildman–Crippen LogP) is 1.83. The summed E-state index contributed by atoms with van der Waals surface area (Å²) in [5.74, 6) is 4.83. The second-order valence-electron chi connectivity index (χ2n) is 2.88. The molecule has 0 aromatic carbocycles. The number of hydrogen-bond donors (Lipinski definition) is 1. The lowest BCUT2D eigenvalue weighted by Crippen LogP contribution is -2.05. The lowest BCUT2D eigenvalue weighted by Gasteiger charge is -2.04. The number of alkyl halides is 3. The van der Waals surface area contributed by atoms with Gasteiger partial charge in [-0.2, -0.15) is 13.2 Å². The molecule has 1 unspecified atom stereocenters. The molecule has 0 amide bonds. The van der Waals surface area contributed by atoms with Gasteiger partial charge in [0.15, 0.2) is 0 Å². The van der Waals surface area contributed by atoms with E-state index in [0.29, 0.717) is 6.20 Å². The molecule has 0 radical (unpaired) electrons. The number of aliphatic hydroxyl groups is 1. The fourth-order valence-electron chi connectivity index (χ4n) is 0.814. The van der Waals surface area contributed by atoms with Crippen molar-refractivity contribution in [2.24, 2.45) is 0 Å². The third kappa shape index (κ3) is 3.60. The van der Waals surface area contributed by atoms with Crippen LogP contribution >= 0.6 is 0 Å². The number of hydrogen-bond acceptors (Lipinski definition) is 2. The van der Waals surface area contributed by atoms with Crippen molar-refractivity contribution in [3.8, 4) is 11.8 Å². The predicted molar refractivity (Wildman–Crippen MR) is 47.8 cm³/mol. The van der Waals surface area contributed by atoms with Crippen molar-refractivity contribution in [3.63, 3.8) is 0 Å². The first-order chi connectivity index (χ1) is 6.89. The van der Waals surface area contributed by atoms with Crippen molar-refractivity contribution >= 4 is 0 Å². The van der Waals surface area contributed by atoms with Gasteiger partial charge in [0.1, 0.15) is 11.8 Å². The minimum absolute atomic E-state index is 0.198. The number of aromatic nitrogens is 1. The molecular weight excluding hydrogens is 207 g/mol. The van der Waals surface area contributed by atoms with E-state index >= 15 is 0 Å². The summed E-state index contributed by atoms with van der Waals surface area (Å²) in [6.45, 7) is 1.46. The standard InChI is InChI=1S/C10H8F3NO/c1-7(15)2-4-9-5-3-8(6-14-9)10(11,12)13/h3,5-7,15H,1H3. The van der Waals surface area contributed by atoms with E-state index in [1.807, 2.05) is 0 Å². The first kappa shape index (κ1) is 11.5. The molecule has 5 heteroatoms. The molecule has 2 nitrogen and oxygen atoms in total. The van der Waals surface area contributed by atoms with Gasteiger partial charge in [-0.25, -0.2) is 4.98 Å². The van der Waals surface area contributed by atoms with Gasteiger partial charge in [0, 0.05) is 6.20 Å². The summed E-state index contributed by atoms with van der Waals surface area (Å²) < 4.78 is 36.4. The summed E-state index contributed by atoms with van der Waals surface area (Å²) in [5, 5.41) is 8.82. The third-order valence-electron chi connectivity index (χ3n) is 1.50. The zero-order valence-electron chi connectivity index (χ0n) is 7.84. The monoisotopic (exact) mass is 215 g/mol. The topological polar surface area (TPSA) is 33.1 Å². The SMILES string of the molecule is CC(O)C#Cc1ccc(C(F)(F)F)cn1. The zero-order valence-corrected chi connectivity index (χ0v) is 7.84. The van der Waals surface area contributed by atoms with Crippen LogP contribution in [0, 0.1) is 11.8 Å². The van der Waals surface area contributed by atoms with Crippen molar-refractivity contribution in [2.45, 2.75) is 19.2 Å². The highest BCUT2D eigenvalue weighted by Gasteiger charge is 2.30. The Morgan fingerprint density at radius 3 is 2.47 bits per heavy atom. The summed E-state index contributed by atoms with van der Waals surface area (Å²) in [7, 11) is 0. The average molecular weight is 215 g/mol. The van der Waals surface area contributed by atoms with Crippen LogP contribution in [0.25, 0.3) is 0 Å². The Labute approximate surface area is 84.8 Å². The minimum Gasteiger partial charge on any atom is -0.381 e. The highest BCUT2D eigenvalue weighted by molar-refractivity contribution is 5.30. The van der Waals surface area contributed by atoms with Gasteiger partial charge in [-0.15, -0.1) is 0 Å². The van der Waals surface area contributed by atoms with Crippen molar-refractivity contribution in [1.82, 2.24) is 4.98 Å². The second kappa shape index (κ2) is 4.32. The van der Waals surface area contributed by atoms with Crippen LogP contribution in [0.3, 0.4) is 0 Å². The summed E-state index contributed by atoms with van der Waals surface area (Å²) in [4.78, 5) is 3.51. The second-order valence-corrected chi connectivity index (χ2v) is 2.88. The summed E-state index contributed by atoms with van der Waals surface area (Å²) in [6.07, 6.45) is -4.50. The van der Waals surface area contributed by atoms with Gasteiger partial charge < -0.3 is 5.11 Å². The van der Waals surface area contributed by atoms with Crippen LogP contribution in [0.2, 0.25) is 0 Å². The first-order valence-electron chi connectivity index (χ1n) is 4.12. The number of pyridine rings is 1. The van der Waals surface area contributed by atoms with Gasteiger partial charge in [-0.05, 0) is 25.0 Å². The van der Waals surface area contributed by atoms with Crippen LogP contribution in [-0.2, 0) is 6.18 Å². The summed E-state index contributed by atoms with van der Waals surface area (Å²) in [5.41, 5.74) is -0.617. The Balaban J connectivity index is 2.88. The van der Waals surface area contributed by atoms with Crippen molar-refractivity contribution in [2.75, 3.05) is 0 Å². The van der Waals surface area contributed by atoms with Crippen LogP contribution in [0.5, 0.6) is 0 Å². The molecule has 15 heavy (non-hydrogen) atoms.